The van der Waals surface area contributed by atoms with E-state index in [0.717, 1.165) is 0 Å². The lowest BCUT2D eigenvalue weighted by Crippen LogP contribution is -2.00. The molecule has 1 aromatic carbocycles. The molecule has 104 valence electrons. The molecule has 8 heteroatoms. The predicted molar refractivity (Wildman–Crippen MR) is 70.7 cm³/mol. The Labute approximate surface area is 114 Å². The van der Waals surface area contributed by atoms with Crippen molar-refractivity contribution in [3.8, 4) is 0 Å². The first-order chi connectivity index (χ1) is 9.36. The molecule has 0 aliphatic heterocycles. The first-order valence-corrected chi connectivity index (χ1v) is 6.84. The summed E-state index contributed by atoms with van der Waals surface area (Å²) in [4.78, 5) is 14.4. The van der Waals surface area contributed by atoms with Crippen molar-refractivity contribution in [3.63, 3.8) is 0 Å². The van der Waals surface area contributed by atoms with Crippen molar-refractivity contribution in [2.24, 2.45) is 0 Å². The molecule has 2 aromatic rings. The van der Waals surface area contributed by atoms with Crippen LogP contribution < -0.4 is 5.32 Å². The van der Waals surface area contributed by atoms with Gasteiger partial charge in [-0.15, -0.1) is 0 Å². The summed E-state index contributed by atoms with van der Waals surface area (Å²) in [6.45, 7) is 0. The fraction of sp³-hybridized carbons (Fsp3) is 0. The third-order valence-electron chi connectivity index (χ3n) is 2.44. The monoisotopic (exact) mass is 294 g/mol. The summed E-state index contributed by atoms with van der Waals surface area (Å²) >= 11 is 0. The van der Waals surface area contributed by atoms with Gasteiger partial charge in [0.25, 0.3) is 10.1 Å². The number of aromatic nitrogens is 1. The minimum atomic E-state index is -4.22. The van der Waals surface area contributed by atoms with Gasteiger partial charge in [0.05, 0.1) is 10.5 Å². The van der Waals surface area contributed by atoms with Gasteiger partial charge >= 0.3 is 5.97 Å². The molecule has 0 atom stereocenters. The molecular formula is C12H10N2O5S. The first-order valence-electron chi connectivity index (χ1n) is 5.40. The fourth-order valence-corrected chi connectivity index (χ4v) is 1.93. The predicted octanol–water partition coefficient (Wildman–Crippen LogP) is 1.77. The minimum Gasteiger partial charge on any atom is -0.478 e. The van der Waals surface area contributed by atoms with Crippen molar-refractivity contribution in [1.29, 1.82) is 0 Å². The van der Waals surface area contributed by atoms with E-state index < -0.39 is 16.1 Å². The molecule has 0 amide bonds. The summed E-state index contributed by atoms with van der Waals surface area (Å²) in [5, 5.41) is 11.6. The molecule has 2 rings (SSSR count). The van der Waals surface area contributed by atoms with E-state index in [-0.39, 0.29) is 10.5 Å². The Morgan fingerprint density at radius 2 is 1.75 bits per heavy atom. The molecule has 7 nitrogen and oxygen atoms in total. The lowest BCUT2D eigenvalue weighted by molar-refractivity contribution is 0.0696. The van der Waals surface area contributed by atoms with Crippen molar-refractivity contribution >= 4 is 27.6 Å². The lowest BCUT2D eigenvalue weighted by Gasteiger charge is -2.06. The topological polar surface area (TPSA) is 117 Å². The van der Waals surface area contributed by atoms with Crippen molar-refractivity contribution in [1.82, 2.24) is 4.98 Å². The van der Waals surface area contributed by atoms with Crippen LogP contribution in [0, 0.1) is 0 Å². The van der Waals surface area contributed by atoms with E-state index in [1.165, 1.54) is 42.6 Å². The van der Waals surface area contributed by atoms with Gasteiger partial charge in [-0.25, -0.2) is 9.78 Å². The maximum absolute atomic E-state index is 10.9. The number of carbonyl (C=O) groups is 1. The van der Waals surface area contributed by atoms with Crippen molar-refractivity contribution < 1.29 is 22.9 Å². The zero-order chi connectivity index (χ0) is 14.8. The number of nitrogens with zero attached hydrogens (tertiary/aromatic N) is 1. The van der Waals surface area contributed by atoms with Crippen LogP contribution in [-0.2, 0) is 10.1 Å². The molecule has 0 saturated heterocycles. The molecule has 0 unspecified atom stereocenters. The highest BCUT2D eigenvalue weighted by Crippen LogP contribution is 2.17. The van der Waals surface area contributed by atoms with Crippen LogP contribution >= 0.6 is 0 Å². The molecule has 0 saturated carbocycles. The molecule has 1 heterocycles. The molecule has 0 spiro atoms. The van der Waals surface area contributed by atoms with Crippen molar-refractivity contribution in [3.05, 3.63) is 48.2 Å². The number of pyridine rings is 1. The quantitative estimate of drug-likeness (QED) is 0.735. The van der Waals surface area contributed by atoms with Crippen LogP contribution in [0.3, 0.4) is 0 Å². The van der Waals surface area contributed by atoms with Crippen LogP contribution in [0.4, 0.5) is 11.5 Å². The number of hydrogen-bond donors (Lipinski definition) is 3. The molecule has 3 N–H and O–H groups in total. The Morgan fingerprint density at radius 1 is 1.10 bits per heavy atom. The summed E-state index contributed by atoms with van der Waals surface area (Å²) in [6, 6.07) is 8.27. The largest absolute Gasteiger partial charge is 0.478 e. The summed E-state index contributed by atoms with van der Waals surface area (Å²) in [6.07, 6.45) is 1.21. The van der Waals surface area contributed by atoms with Gasteiger partial charge in [0.2, 0.25) is 0 Å². The highest BCUT2D eigenvalue weighted by Gasteiger charge is 2.08. The van der Waals surface area contributed by atoms with E-state index in [4.69, 9.17) is 9.66 Å². The van der Waals surface area contributed by atoms with Crippen LogP contribution in [0.5, 0.6) is 0 Å². The van der Waals surface area contributed by atoms with Crippen molar-refractivity contribution in [2.75, 3.05) is 5.32 Å². The van der Waals surface area contributed by atoms with Gasteiger partial charge in [-0.05, 0) is 36.4 Å². The Morgan fingerprint density at radius 3 is 2.20 bits per heavy atom. The van der Waals surface area contributed by atoms with E-state index in [0.29, 0.717) is 11.5 Å². The number of anilines is 2. The molecule has 0 radical (unpaired) electrons. The van der Waals surface area contributed by atoms with Gasteiger partial charge in [0.15, 0.2) is 0 Å². The van der Waals surface area contributed by atoms with Gasteiger partial charge in [-0.2, -0.15) is 8.42 Å². The molecule has 0 fully saturated rings. The minimum absolute atomic E-state index is 0.0669. The molecular weight excluding hydrogens is 284 g/mol. The molecule has 0 bridgehead atoms. The normalized spacial score (nSPS) is 11.1. The van der Waals surface area contributed by atoms with Gasteiger partial charge < -0.3 is 10.4 Å². The van der Waals surface area contributed by atoms with Gasteiger partial charge in [0, 0.05) is 11.9 Å². The highest BCUT2D eigenvalue weighted by molar-refractivity contribution is 7.85. The third kappa shape index (κ3) is 3.31. The van der Waals surface area contributed by atoms with Gasteiger partial charge in [-0.1, -0.05) is 0 Å². The summed E-state index contributed by atoms with van der Waals surface area (Å²) < 4.78 is 30.6. The van der Waals surface area contributed by atoms with Crippen LogP contribution in [0.2, 0.25) is 0 Å². The average Bonchev–Trinajstić information content (AvgIpc) is 2.39. The average molecular weight is 294 g/mol. The summed E-state index contributed by atoms with van der Waals surface area (Å²) in [5.41, 5.74) is 0.616. The molecule has 0 aliphatic rings. The summed E-state index contributed by atoms with van der Waals surface area (Å²) in [7, 11) is -4.22. The third-order valence-corrected chi connectivity index (χ3v) is 3.30. The SMILES string of the molecule is O=C(O)c1ccc(Nc2ccc(S(=O)(=O)O)cc2)nc1. The first kappa shape index (κ1) is 14.0. The Balaban J connectivity index is 2.16. The van der Waals surface area contributed by atoms with E-state index in [1.54, 1.807) is 0 Å². The number of nitrogens with one attached hydrogen (secondary N) is 1. The second-order valence-corrected chi connectivity index (χ2v) is 5.28. The summed E-state index contributed by atoms with van der Waals surface area (Å²) in [5.74, 6) is -0.656. The maximum atomic E-state index is 10.9. The number of aromatic carboxylic acids is 1. The van der Waals surface area contributed by atoms with E-state index >= 15 is 0 Å². The number of benzene rings is 1. The highest BCUT2D eigenvalue weighted by atomic mass is 32.2. The van der Waals surface area contributed by atoms with Gasteiger partial charge in [-0.3, -0.25) is 4.55 Å². The number of carboxylic acids is 1. The Hall–Kier alpha value is -2.45. The molecule has 0 aliphatic carbocycles. The number of hydrogen-bond acceptors (Lipinski definition) is 5. The zero-order valence-corrected chi connectivity index (χ0v) is 10.8. The maximum Gasteiger partial charge on any atom is 0.337 e. The van der Waals surface area contributed by atoms with Crippen molar-refractivity contribution in [2.45, 2.75) is 4.90 Å². The zero-order valence-electron chi connectivity index (χ0n) is 10.0. The second kappa shape index (κ2) is 5.27. The smallest absolute Gasteiger partial charge is 0.337 e. The second-order valence-electron chi connectivity index (χ2n) is 3.86. The van der Waals surface area contributed by atoms with Crippen LogP contribution in [0.25, 0.3) is 0 Å². The Bertz CT molecular complexity index is 723. The van der Waals surface area contributed by atoms with Crippen LogP contribution in [0.1, 0.15) is 10.4 Å². The molecule has 20 heavy (non-hydrogen) atoms. The number of carboxylic acid groups (broad SMARTS) is 1. The van der Waals surface area contributed by atoms with Gasteiger partial charge in [0.1, 0.15) is 5.82 Å². The van der Waals surface area contributed by atoms with E-state index in [1.807, 2.05) is 0 Å². The molecule has 1 aromatic heterocycles. The standard InChI is InChI=1S/C12H10N2O5S/c15-12(16)8-1-6-11(13-7-8)14-9-2-4-10(5-3-9)20(17,18)19/h1-7H,(H,13,14)(H,15,16)(H,17,18,19). The number of rotatable bonds is 4. The van der Waals surface area contributed by atoms with Crippen LogP contribution in [0.15, 0.2) is 47.5 Å². The lowest BCUT2D eigenvalue weighted by atomic mass is 10.3. The fourth-order valence-electron chi connectivity index (χ4n) is 1.45. The Kier molecular flexibility index (Phi) is 3.68. The van der Waals surface area contributed by atoms with E-state index in [9.17, 15) is 13.2 Å². The van der Waals surface area contributed by atoms with Crippen LogP contribution in [-0.4, -0.2) is 29.0 Å². The van der Waals surface area contributed by atoms with E-state index in [2.05, 4.69) is 10.3 Å².